The number of nitriles is 1. The van der Waals surface area contributed by atoms with Crippen LogP contribution in [0.15, 0.2) is 24.3 Å². The summed E-state index contributed by atoms with van der Waals surface area (Å²) in [4.78, 5) is 40.9. The van der Waals surface area contributed by atoms with Crippen molar-refractivity contribution in [3.05, 3.63) is 30.0 Å². The predicted molar refractivity (Wildman–Crippen MR) is 122 cm³/mol. The minimum absolute atomic E-state index is 0.107. The number of carbonyl (C=O) groups is 3. The zero-order chi connectivity index (χ0) is 25.2. The summed E-state index contributed by atoms with van der Waals surface area (Å²) in [5.74, 6) is -5.35. The number of benzene rings is 1. The van der Waals surface area contributed by atoms with E-state index in [1.165, 1.54) is 7.11 Å². The van der Waals surface area contributed by atoms with Crippen molar-refractivity contribution in [3.8, 4) is 11.8 Å². The van der Waals surface area contributed by atoms with E-state index in [-0.39, 0.29) is 30.9 Å². The molecule has 3 amide bonds. The largest absolute Gasteiger partial charge is 0.496 e. The van der Waals surface area contributed by atoms with E-state index in [9.17, 15) is 28.4 Å². The summed E-state index contributed by atoms with van der Waals surface area (Å²) in [6.07, 6.45) is 0.845. The smallest absolute Gasteiger partial charge is 0.268 e. The number of nitrogens with zero attached hydrogens (tertiary/aromatic N) is 1. The molecule has 1 aliphatic heterocycles. The van der Waals surface area contributed by atoms with Crippen LogP contribution in [0.1, 0.15) is 42.6 Å². The highest BCUT2D eigenvalue weighted by molar-refractivity contribution is 6.01. The molecule has 0 spiro atoms. The highest BCUT2D eigenvalue weighted by Gasteiger charge is 2.57. The minimum Gasteiger partial charge on any atom is -0.496 e. The molecule has 4 atom stereocenters. The first-order valence-corrected chi connectivity index (χ1v) is 11.5. The molecule has 0 radical (unpaired) electrons. The number of methoxy groups -OCH3 is 1. The molecule has 4 N–H and O–H groups in total. The van der Waals surface area contributed by atoms with Crippen LogP contribution in [0.3, 0.4) is 0 Å². The standard InChI is InChI=1S/C24H27F2N5O4/c1-35-20-6-2-5-17-16(20)10-19(30-17)23(34)31-18(9-14-11-24(14,25)26)22(33)29-15(12-27)8-13-4-3-7-28-21(13)32/h2,5-6,10,13-15,18,30H,3-4,7-9,11H2,1H3,(H,28,32)(H,29,33)(H,31,34)/t13-,14+,15-,18-/m0/s1. The Kier molecular flexibility index (Phi) is 6.91. The van der Waals surface area contributed by atoms with Gasteiger partial charge >= 0.3 is 0 Å². The zero-order valence-corrected chi connectivity index (χ0v) is 19.2. The van der Waals surface area contributed by atoms with Crippen LogP contribution < -0.4 is 20.7 Å². The molecular formula is C24H27F2N5O4. The van der Waals surface area contributed by atoms with Crippen molar-refractivity contribution < 1.29 is 27.9 Å². The average molecular weight is 488 g/mol. The Balaban J connectivity index is 1.47. The molecule has 2 heterocycles. The Hall–Kier alpha value is -3.68. The first kappa shape index (κ1) is 24.4. The van der Waals surface area contributed by atoms with Gasteiger partial charge in [0.1, 0.15) is 23.5 Å². The molecule has 1 aliphatic carbocycles. The number of H-pyrrole nitrogens is 1. The number of piperidine rings is 1. The maximum atomic E-state index is 13.6. The number of fused-ring (bicyclic) bond motifs is 1. The molecule has 4 rings (SSSR count). The molecule has 1 saturated carbocycles. The number of halogens is 2. The number of carbonyl (C=O) groups excluding carboxylic acids is 3. The summed E-state index contributed by atoms with van der Waals surface area (Å²) < 4.78 is 32.5. The van der Waals surface area contributed by atoms with Crippen LogP contribution >= 0.6 is 0 Å². The number of hydrogen-bond acceptors (Lipinski definition) is 5. The van der Waals surface area contributed by atoms with E-state index in [1.54, 1.807) is 24.3 Å². The Morgan fingerprint density at radius 1 is 1.31 bits per heavy atom. The van der Waals surface area contributed by atoms with Crippen LogP contribution in [0, 0.1) is 23.2 Å². The topological polar surface area (TPSA) is 136 Å². The molecule has 0 unspecified atom stereocenters. The van der Waals surface area contributed by atoms with E-state index in [2.05, 4.69) is 20.9 Å². The Bertz CT molecular complexity index is 1170. The second kappa shape index (κ2) is 9.90. The average Bonchev–Trinajstić information content (AvgIpc) is 3.22. The Labute approximate surface area is 200 Å². The lowest BCUT2D eigenvalue weighted by molar-refractivity contribution is -0.128. The van der Waals surface area contributed by atoms with Crippen molar-refractivity contribution in [2.45, 2.75) is 50.1 Å². The number of aromatic nitrogens is 1. The lowest BCUT2D eigenvalue weighted by Crippen LogP contribution is -2.51. The van der Waals surface area contributed by atoms with Gasteiger partial charge in [0.2, 0.25) is 11.8 Å². The monoisotopic (exact) mass is 487 g/mol. The van der Waals surface area contributed by atoms with Gasteiger partial charge in [0.25, 0.3) is 11.8 Å². The lowest BCUT2D eigenvalue weighted by Gasteiger charge is -2.25. The SMILES string of the molecule is COc1cccc2[nH]c(C(=O)N[C@@H](C[C@@H]3CC3(F)F)C(=O)N[C@H](C#N)C[C@@H]3CCCNC3=O)cc12. The molecule has 9 nitrogen and oxygen atoms in total. The fraction of sp³-hybridized carbons (Fsp3) is 0.500. The lowest BCUT2D eigenvalue weighted by atomic mass is 9.92. The van der Waals surface area contributed by atoms with Crippen molar-refractivity contribution >= 4 is 28.6 Å². The highest BCUT2D eigenvalue weighted by atomic mass is 19.3. The third kappa shape index (κ3) is 5.53. The van der Waals surface area contributed by atoms with Gasteiger partial charge in [-0.15, -0.1) is 0 Å². The summed E-state index contributed by atoms with van der Waals surface area (Å²) in [6.45, 7) is 0.572. The molecule has 11 heteroatoms. The summed E-state index contributed by atoms with van der Waals surface area (Å²) in [7, 11) is 1.50. The molecule has 2 aromatic rings. The van der Waals surface area contributed by atoms with Crippen molar-refractivity contribution in [1.29, 1.82) is 5.26 Å². The van der Waals surface area contributed by atoms with Gasteiger partial charge in [-0.25, -0.2) is 8.78 Å². The molecular weight excluding hydrogens is 460 g/mol. The van der Waals surface area contributed by atoms with Gasteiger partial charge in [0.05, 0.1) is 13.2 Å². The minimum atomic E-state index is -2.88. The normalized spacial score (nSPS) is 22.4. The molecule has 2 fully saturated rings. The number of amides is 3. The number of alkyl halides is 2. The summed E-state index contributed by atoms with van der Waals surface area (Å²) in [6, 6.07) is 6.49. The highest BCUT2D eigenvalue weighted by Crippen LogP contribution is 2.51. The third-order valence-corrected chi connectivity index (χ3v) is 6.58. The Morgan fingerprint density at radius 2 is 2.09 bits per heavy atom. The van der Waals surface area contributed by atoms with E-state index >= 15 is 0 Å². The van der Waals surface area contributed by atoms with Crippen LogP contribution in [-0.4, -0.2) is 54.4 Å². The van der Waals surface area contributed by atoms with Gasteiger partial charge in [0.15, 0.2) is 0 Å². The number of nitrogens with one attached hydrogen (secondary N) is 4. The van der Waals surface area contributed by atoms with E-state index in [0.717, 1.165) is 6.42 Å². The van der Waals surface area contributed by atoms with Crippen LogP contribution in [-0.2, 0) is 9.59 Å². The molecule has 1 saturated heterocycles. The van der Waals surface area contributed by atoms with Crippen molar-refractivity contribution in [1.82, 2.24) is 20.9 Å². The number of hydrogen-bond donors (Lipinski definition) is 4. The van der Waals surface area contributed by atoms with Crippen LogP contribution in [0.5, 0.6) is 5.75 Å². The zero-order valence-electron chi connectivity index (χ0n) is 19.2. The van der Waals surface area contributed by atoms with Gasteiger partial charge in [0, 0.05) is 35.7 Å². The van der Waals surface area contributed by atoms with Crippen molar-refractivity contribution in [2.24, 2.45) is 11.8 Å². The maximum Gasteiger partial charge on any atom is 0.268 e. The van der Waals surface area contributed by atoms with E-state index in [1.807, 2.05) is 6.07 Å². The van der Waals surface area contributed by atoms with Crippen LogP contribution in [0.25, 0.3) is 10.9 Å². The quantitative estimate of drug-likeness (QED) is 0.430. The van der Waals surface area contributed by atoms with E-state index in [4.69, 9.17) is 4.74 Å². The van der Waals surface area contributed by atoms with Gasteiger partial charge in [-0.2, -0.15) is 5.26 Å². The summed E-state index contributed by atoms with van der Waals surface area (Å²) >= 11 is 0. The van der Waals surface area contributed by atoms with Gasteiger partial charge in [-0.3, -0.25) is 14.4 Å². The fourth-order valence-corrected chi connectivity index (χ4v) is 4.47. The third-order valence-electron chi connectivity index (χ3n) is 6.58. The number of rotatable bonds is 9. The number of ether oxygens (including phenoxy) is 1. The second-order valence-electron chi connectivity index (χ2n) is 9.08. The fourth-order valence-electron chi connectivity index (χ4n) is 4.47. The van der Waals surface area contributed by atoms with Crippen molar-refractivity contribution in [2.75, 3.05) is 13.7 Å². The van der Waals surface area contributed by atoms with Gasteiger partial charge in [-0.05, 0) is 43.9 Å². The molecule has 186 valence electrons. The van der Waals surface area contributed by atoms with E-state index in [0.29, 0.717) is 29.6 Å². The molecule has 1 aromatic heterocycles. The summed E-state index contributed by atoms with van der Waals surface area (Å²) in [5.41, 5.74) is 0.778. The van der Waals surface area contributed by atoms with Crippen LogP contribution in [0.2, 0.25) is 0 Å². The van der Waals surface area contributed by atoms with Crippen molar-refractivity contribution in [3.63, 3.8) is 0 Å². The van der Waals surface area contributed by atoms with Gasteiger partial charge < -0.3 is 25.7 Å². The van der Waals surface area contributed by atoms with E-state index < -0.39 is 41.7 Å². The maximum absolute atomic E-state index is 13.6. The van der Waals surface area contributed by atoms with Gasteiger partial charge in [-0.1, -0.05) is 6.07 Å². The second-order valence-corrected chi connectivity index (χ2v) is 9.08. The predicted octanol–water partition coefficient (Wildman–Crippen LogP) is 2.24. The molecule has 1 aromatic carbocycles. The first-order valence-electron chi connectivity index (χ1n) is 11.5. The summed E-state index contributed by atoms with van der Waals surface area (Å²) in [5, 5.41) is 18.0. The molecule has 2 aliphatic rings. The number of aromatic amines is 1. The molecule has 35 heavy (non-hydrogen) atoms. The first-order chi connectivity index (χ1) is 16.7. The Morgan fingerprint density at radius 3 is 2.74 bits per heavy atom. The molecule has 0 bridgehead atoms. The van der Waals surface area contributed by atoms with Crippen LogP contribution in [0.4, 0.5) is 8.78 Å².